The van der Waals surface area contributed by atoms with Crippen molar-refractivity contribution in [2.75, 3.05) is 0 Å². The molecule has 0 radical (unpaired) electrons. The Kier molecular flexibility index (Phi) is 3.56. The molecule has 16 heavy (non-hydrogen) atoms. The van der Waals surface area contributed by atoms with Crippen LogP contribution in [0.1, 0.15) is 24.2 Å². The molecular formula is C12H14N4. The summed E-state index contributed by atoms with van der Waals surface area (Å²) < 4.78 is 0. The van der Waals surface area contributed by atoms with E-state index >= 15 is 0 Å². The first-order valence-electron chi connectivity index (χ1n) is 5.24. The van der Waals surface area contributed by atoms with E-state index in [4.69, 9.17) is 0 Å². The molecule has 4 heteroatoms. The Morgan fingerprint density at radius 3 is 2.62 bits per heavy atom. The number of pyridine rings is 1. The van der Waals surface area contributed by atoms with Gasteiger partial charge in [-0.05, 0) is 24.6 Å². The van der Waals surface area contributed by atoms with Crippen molar-refractivity contribution in [1.82, 2.24) is 20.3 Å². The fraction of sp³-hybridized carbons (Fsp3) is 0.250. The highest BCUT2D eigenvalue weighted by Crippen LogP contribution is 2.10. The maximum absolute atomic E-state index is 4.21. The molecule has 2 rings (SSSR count). The summed E-state index contributed by atoms with van der Waals surface area (Å²) in [6.07, 6.45) is 8.75. The zero-order valence-corrected chi connectivity index (χ0v) is 9.17. The molecule has 4 nitrogen and oxygen atoms in total. The van der Waals surface area contributed by atoms with E-state index in [0.717, 1.165) is 12.2 Å². The molecule has 0 amide bonds. The van der Waals surface area contributed by atoms with E-state index in [1.54, 1.807) is 31.0 Å². The van der Waals surface area contributed by atoms with Crippen LogP contribution in [0.25, 0.3) is 0 Å². The first-order valence-corrected chi connectivity index (χ1v) is 5.24. The Balaban J connectivity index is 1.92. The Morgan fingerprint density at radius 2 is 1.94 bits per heavy atom. The first kappa shape index (κ1) is 10.7. The summed E-state index contributed by atoms with van der Waals surface area (Å²) in [6, 6.07) is 4.30. The standard InChI is InChI=1S/C12H14N4/c1-10(11-2-4-13-5-3-11)16-9-12-8-14-6-7-15-12/h2-8,10,16H,9H2,1H3/t10-/m1/s1. The van der Waals surface area contributed by atoms with Crippen molar-refractivity contribution in [2.24, 2.45) is 0 Å². The molecule has 0 aliphatic carbocycles. The summed E-state index contributed by atoms with van der Waals surface area (Å²) in [4.78, 5) is 12.2. The molecule has 0 fully saturated rings. The van der Waals surface area contributed by atoms with Gasteiger partial charge in [-0.2, -0.15) is 0 Å². The topological polar surface area (TPSA) is 50.7 Å². The third kappa shape index (κ3) is 2.84. The molecule has 0 aliphatic rings. The summed E-state index contributed by atoms with van der Waals surface area (Å²) in [5.74, 6) is 0. The molecule has 1 atom stereocenters. The Hall–Kier alpha value is -1.81. The molecule has 1 N–H and O–H groups in total. The van der Waals surface area contributed by atoms with Crippen molar-refractivity contribution in [1.29, 1.82) is 0 Å². The van der Waals surface area contributed by atoms with Gasteiger partial charge in [-0.1, -0.05) is 0 Å². The monoisotopic (exact) mass is 214 g/mol. The second-order valence-corrected chi connectivity index (χ2v) is 3.58. The second-order valence-electron chi connectivity index (χ2n) is 3.58. The van der Waals surface area contributed by atoms with Gasteiger partial charge in [0.15, 0.2) is 0 Å². The van der Waals surface area contributed by atoms with Crippen molar-refractivity contribution < 1.29 is 0 Å². The predicted octanol–water partition coefficient (Wildman–Crippen LogP) is 1.72. The number of rotatable bonds is 4. The lowest BCUT2D eigenvalue weighted by Gasteiger charge is -2.13. The Bertz CT molecular complexity index is 416. The Labute approximate surface area is 94.8 Å². The number of hydrogen-bond donors (Lipinski definition) is 1. The molecule has 0 saturated carbocycles. The summed E-state index contributed by atoms with van der Waals surface area (Å²) in [7, 11) is 0. The van der Waals surface area contributed by atoms with E-state index in [1.165, 1.54) is 5.56 Å². The van der Waals surface area contributed by atoms with E-state index in [-0.39, 0.29) is 6.04 Å². The first-order chi connectivity index (χ1) is 7.86. The van der Waals surface area contributed by atoms with Gasteiger partial charge in [-0.3, -0.25) is 15.0 Å². The molecule has 0 aliphatic heterocycles. The van der Waals surface area contributed by atoms with Crippen LogP contribution in [0.2, 0.25) is 0 Å². The van der Waals surface area contributed by atoms with Crippen LogP contribution in [0.15, 0.2) is 43.1 Å². The maximum atomic E-state index is 4.21. The van der Waals surface area contributed by atoms with Crippen molar-refractivity contribution >= 4 is 0 Å². The molecule has 0 aromatic carbocycles. The highest BCUT2D eigenvalue weighted by molar-refractivity contribution is 5.14. The zero-order valence-electron chi connectivity index (χ0n) is 9.17. The summed E-state index contributed by atoms with van der Waals surface area (Å²) in [5.41, 5.74) is 2.17. The van der Waals surface area contributed by atoms with Crippen LogP contribution in [0, 0.1) is 0 Å². The van der Waals surface area contributed by atoms with E-state index < -0.39 is 0 Å². The SMILES string of the molecule is C[C@@H](NCc1cnccn1)c1ccncc1. The van der Waals surface area contributed by atoms with E-state index in [9.17, 15) is 0 Å². The molecular weight excluding hydrogens is 200 g/mol. The van der Waals surface area contributed by atoms with Gasteiger partial charge in [0.05, 0.1) is 5.69 Å². The third-order valence-electron chi connectivity index (χ3n) is 2.41. The lowest BCUT2D eigenvalue weighted by Crippen LogP contribution is -2.18. The average Bonchev–Trinajstić information content (AvgIpc) is 2.38. The molecule has 2 heterocycles. The second kappa shape index (κ2) is 5.32. The van der Waals surface area contributed by atoms with Gasteiger partial charge in [0.1, 0.15) is 0 Å². The van der Waals surface area contributed by atoms with Gasteiger partial charge in [0.2, 0.25) is 0 Å². The van der Waals surface area contributed by atoms with Crippen molar-refractivity contribution in [3.8, 4) is 0 Å². The van der Waals surface area contributed by atoms with Crippen molar-refractivity contribution in [2.45, 2.75) is 19.5 Å². The van der Waals surface area contributed by atoms with Gasteiger partial charge in [0.25, 0.3) is 0 Å². The number of hydrogen-bond acceptors (Lipinski definition) is 4. The highest BCUT2D eigenvalue weighted by atomic mass is 14.9. The summed E-state index contributed by atoms with van der Waals surface area (Å²) >= 11 is 0. The van der Waals surface area contributed by atoms with Gasteiger partial charge >= 0.3 is 0 Å². The number of nitrogens with zero attached hydrogens (tertiary/aromatic N) is 3. The Morgan fingerprint density at radius 1 is 1.12 bits per heavy atom. The summed E-state index contributed by atoms with van der Waals surface area (Å²) in [5, 5.41) is 3.38. The fourth-order valence-electron chi connectivity index (χ4n) is 1.45. The van der Waals surface area contributed by atoms with Gasteiger partial charge in [-0.25, -0.2) is 0 Å². The van der Waals surface area contributed by atoms with E-state index in [1.807, 2.05) is 12.1 Å². The molecule has 0 bridgehead atoms. The molecule has 0 spiro atoms. The van der Waals surface area contributed by atoms with Crippen LogP contribution in [0.3, 0.4) is 0 Å². The van der Waals surface area contributed by atoms with Crippen LogP contribution in [0.4, 0.5) is 0 Å². The van der Waals surface area contributed by atoms with Crippen LogP contribution >= 0.6 is 0 Å². The predicted molar refractivity (Wildman–Crippen MR) is 61.5 cm³/mol. The van der Waals surface area contributed by atoms with Crippen LogP contribution in [-0.2, 0) is 6.54 Å². The molecule has 2 aromatic rings. The van der Waals surface area contributed by atoms with Crippen LogP contribution < -0.4 is 5.32 Å². The smallest absolute Gasteiger partial charge is 0.0724 e. The van der Waals surface area contributed by atoms with E-state index in [0.29, 0.717) is 0 Å². The lowest BCUT2D eigenvalue weighted by atomic mass is 10.1. The van der Waals surface area contributed by atoms with Crippen LogP contribution in [0.5, 0.6) is 0 Å². The van der Waals surface area contributed by atoms with Crippen molar-refractivity contribution in [3.05, 3.63) is 54.4 Å². The van der Waals surface area contributed by atoms with Crippen LogP contribution in [-0.4, -0.2) is 15.0 Å². The average molecular weight is 214 g/mol. The number of aromatic nitrogens is 3. The molecule has 2 aromatic heterocycles. The molecule has 82 valence electrons. The minimum Gasteiger partial charge on any atom is -0.305 e. The van der Waals surface area contributed by atoms with Gasteiger partial charge in [-0.15, -0.1) is 0 Å². The van der Waals surface area contributed by atoms with Crippen molar-refractivity contribution in [3.63, 3.8) is 0 Å². The fourth-order valence-corrected chi connectivity index (χ4v) is 1.45. The largest absolute Gasteiger partial charge is 0.305 e. The minimum atomic E-state index is 0.282. The van der Waals surface area contributed by atoms with E-state index in [2.05, 4.69) is 27.2 Å². The molecule has 0 saturated heterocycles. The van der Waals surface area contributed by atoms with Gasteiger partial charge in [0, 0.05) is 43.6 Å². The summed E-state index contributed by atoms with van der Waals surface area (Å²) in [6.45, 7) is 2.84. The number of nitrogens with one attached hydrogen (secondary N) is 1. The van der Waals surface area contributed by atoms with Gasteiger partial charge < -0.3 is 5.32 Å². The third-order valence-corrected chi connectivity index (χ3v) is 2.41. The maximum Gasteiger partial charge on any atom is 0.0724 e. The molecule has 0 unspecified atom stereocenters. The normalized spacial score (nSPS) is 12.3. The quantitative estimate of drug-likeness (QED) is 0.842. The lowest BCUT2D eigenvalue weighted by molar-refractivity contribution is 0.566. The minimum absolute atomic E-state index is 0.282. The highest BCUT2D eigenvalue weighted by Gasteiger charge is 2.04. The zero-order chi connectivity index (χ0) is 11.2.